The standard InChI is InChI=1S/C19H22N2O3/c1-13-7-3-4-8-16(13)14(2)21-19(22)20-11-15-12-23-17-9-5-6-10-18(17)24-15/h3-10,14-15H,11-12H2,1-2H3,(H2,20,21,22)/t14-,15+/m0/s1. The van der Waals surface area contributed by atoms with Crippen LogP contribution < -0.4 is 20.1 Å². The second-order valence-electron chi connectivity index (χ2n) is 5.93. The molecule has 5 nitrogen and oxygen atoms in total. The number of benzene rings is 2. The summed E-state index contributed by atoms with van der Waals surface area (Å²) >= 11 is 0. The van der Waals surface area contributed by atoms with E-state index in [2.05, 4.69) is 10.6 Å². The zero-order chi connectivity index (χ0) is 16.9. The molecule has 2 aromatic rings. The minimum absolute atomic E-state index is 0.0598. The van der Waals surface area contributed by atoms with Gasteiger partial charge in [-0.25, -0.2) is 4.79 Å². The third kappa shape index (κ3) is 3.79. The van der Waals surface area contributed by atoms with Crippen molar-refractivity contribution in [3.63, 3.8) is 0 Å². The average Bonchev–Trinajstić information content (AvgIpc) is 2.60. The van der Waals surface area contributed by atoms with Crippen molar-refractivity contribution in [2.75, 3.05) is 13.2 Å². The van der Waals surface area contributed by atoms with Gasteiger partial charge in [0.05, 0.1) is 12.6 Å². The van der Waals surface area contributed by atoms with Crippen molar-refractivity contribution in [1.82, 2.24) is 10.6 Å². The number of aryl methyl sites for hydroxylation is 1. The molecule has 1 aliphatic heterocycles. The molecule has 5 heteroatoms. The van der Waals surface area contributed by atoms with Crippen molar-refractivity contribution in [2.24, 2.45) is 0 Å². The van der Waals surface area contributed by atoms with Gasteiger partial charge >= 0.3 is 6.03 Å². The van der Waals surface area contributed by atoms with Gasteiger partial charge in [-0.3, -0.25) is 0 Å². The fraction of sp³-hybridized carbons (Fsp3) is 0.316. The Balaban J connectivity index is 1.49. The summed E-state index contributed by atoms with van der Waals surface area (Å²) in [4.78, 5) is 12.1. The lowest BCUT2D eigenvalue weighted by Crippen LogP contribution is -2.45. The molecule has 1 aliphatic rings. The molecule has 0 saturated heterocycles. The van der Waals surface area contributed by atoms with Crippen LogP contribution in [0.3, 0.4) is 0 Å². The molecule has 0 fully saturated rings. The number of carbonyl (C=O) groups excluding carboxylic acids is 1. The van der Waals surface area contributed by atoms with Crippen molar-refractivity contribution < 1.29 is 14.3 Å². The molecular weight excluding hydrogens is 304 g/mol. The summed E-state index contributed by atoms with van der Waals surface area (Å²) < 4.78 is 11.5. The summed E-state index contributed by atoms with van der Waals surface area (Å²) in [6, 6.07) is 15.3. The first-order valence-electron chi connectivity index (χ1n) is 8.12. The number of hydrogen-bond acceptors (Lipinski definition) is 3. The van der Waals surface area contributed by atoms with Gasteiger partial charge in [-0.15, -0.1) is 0 Å². The molecule has 24 heavy (non-hydrogen) atoms. The lowest BCUT2D eigenvalue weighted by atomic mass is 10.0. The lowest BCUT2D eigenvalue weighted by Gasteiger charge is -2.26. The number of fused-ring (bicyclic) bond motifs is 1. The maximum absolute atomic E-state index is 12.1. The van der Waals surface area contributed by atoms with Gasteiger partial charge in [0.1, 0.15) is 6.61 Å². The summed E-state index contributed by atoms with van der Waals surface area (Å²) in [6.45, 7) is 4.82. The number of carbonyl (C=O) groups is 1. The zero-order valence-corrected chi connectivity index (χ0v) is 13.9. The van der Waals surface area contributed by atoms with E-state index in [0.29, 0.717) is 18.9 Å². The molecule has 2 N–H and O–H groups in total. The molecule has 1 heterocycles. The molecule has 0 unspecified atom stereocenters. The van der Waals surface area contributed by atoms with E-state index in [9.17, 15) is 4.79 Å². The molecule has 0 aliphatic carbocycles. The number of nitrogens with one attached hydrogen (secondary N) is 2. The minimum Gasteiger partial charge on any atom is -0.486 e. The summed E-state index contributed by atoms with van der Waals surface area (Å²) in [5, 5.41) is 5.80. The first kappa shape index (κ1) is 16.2. The van der Waals surface area contributed by atoms with E-state index in [0.717, 1.165) is 16.9 Å². The van der Waals surface area contributed by atoms with Crippen LogP contribution in [0.25, 0.3) is 0 Å². The molecular formula is C19H22N2O3. The molecule has 0 saturated carbocycles. The van der Waals surface area contributed by atoms with Gasteiger partial charge < -0.3 is 20.1 Å². The normalized spacial score (nSPS) is 17.0. The molecule has 2 atom stereocenters. The highest BCUT2D eigenvalue weighted by Gasteiger charge is 2.21. The van der Waals surface area contributed by atoms with E-state index >= 15 is 0 Å². The topological polar surface area (TPSA) is 59.6 Å². The summed E-state index contributed by atoms with van der Waals surface area (Å²) in [6.07, 6.45) is -0.195. The zero-order valence-electron chi connectivity index (χ0n) is 13.9. The van der Waals surface area contributed by atoms with Gasteiger partial charge in [0.25, 0.3) is 0 Å². The molecule has 2 aromatic carbocycles. The number of para-hydroxylation sites is 2. The predicted molar refractivity (Wildman–Crippen MR) is 92.5 cm³/mol. The average molecular weight is 326 g/mol. The first-order valence-corrected chi connectivity index (χ1v) is 8.12. The third-order valence-electron chi connectivity index (χ3n) is 4.06. The lowest BCUT2D eigenvalue weighted by molar-refractivity contribution is 0.0917. The van der Waals surface area contributed by atoms with Crippen LogP contribution in [0.2, 0.25) is 0 Å². The van der Waals surface area contributed by atoms with E-state index in [1.807, 2.05) is 62.4 Å². The van der Waals surface area contributed by atoms with Gasteiger partial charge in [-0.2, -0.15) is 0 Å². The van der Waals surface area contributed by atoms with Crippen LogP contribution in [0.5, 0.6) is 11.5 Å². The van der Waals surface area contributed by atoms with Crippen LogP contribution in [0.1, 0.15) is 24.1 Å². The van der Waals surface area contributed by atoms with Crippen molar-refractivity contribution in [2.45, 2.75) is 26.0 Å². The quantitative estimate of drug-likeness (QED) is 0.907. The predicted octanol–water partition coefficient (Wildman–Crippen LogP) is 3.20. The molecule has 0 bridgehead atoms. The Hall–Kier alpha value is -2.69. The molecule has 0 spiro atoms. The van der Waals surface area contributed by atoms with Gasteiger partial charge in [0.2, 0.25) is 0 Å². The highest BCUT2D eigenvalue weighted by atomic mass is 16.6. The largest absolute Gasteiger partial charge is 0.486 e. The smallest absolute Gasteiger partial charge is 0.315 e. The van der Waals surface area contributed by atoms with E-state index in [-0.39, 0.29) is 18.2 Å². The van der Waals surface area contributed by atoms with Crippen LogP contribution in [0.4, 0.5) is 4.79 Å². The Morgan fingerprint density at radius 2 is 1.88 bits per heavy atom. The van der Waals surface area contributed by atoms with Crippen molar-refractivity contribution in [3.8, 4) is 11.5 Å². The first-order chi connectivity index (χ1) is 11.6. The SMILES string of the molecule is Cc1ccccc1[C@H](C)NC(=O)NC[C@@H]1COc2ccccc2O1. The van der Waals surface area contributed by atoms with E-state index in [1.54, 1.807) is 0 Å². The van der Waals surface area contributed by atoms with Gasteiger partial charge in [-0.1, -0.05) is 36.4 Å². The fourth-order valence-electron chi connectivity index (χ4n) is 2.77. The van der Waals surface area contributed by atoms with Crippen molar-refractivity contribution in [1.29, 1.82) is 0 Å². The van der Waals surface area contributed by atoms with Gasteiger partial charge in [0, 0.05) is 0 Å². The maximum atomic E-state index is 12.1. The Morgan fingerprint density at radius 3 is 2.67 bits per heavy atom. The van der Waals surface area contributed by atoms with Gasteiger partial charge in [-0.05, 0) is 37.1 Å². The third-order valence-corrected chi connectivity index (χ3v) is 4.06. The van der Waals surface area contributed by atoms with Crippen LogP contribution in [0, 0.1) is 6.92 Å². The molecule has 3 rings (SSSR count). The highest BCUT2D eigenvalue weighted by molar-refractivity contribution is 5.74. The molecule has 0 radical (unpaired) electrons. The second kappa shape index (κ2) is 7.25. The van der Waals surface area contributed by atoms with E-state index in [4.69, 9.17) is 9.47 Å². The number of rotatable bonds is 4. The van der Waals surface area contributed by atoms with Crippen LogP contribution in [-0.2, 0) is 0 Å². The number of amides is 2. The number of hydrogen-bond donors (Lipinski definition) is 2. The van der Waals surface area contributed by atoms with Crippen LogP contribution >= 0.6 is 0 Å². The molecule has 126 valence electrons. The molecule has 2 amide bonds. The van der Waals surface area contributed by atoms with Crippen LogP contribution in [0.15, 0.2) is 48.5 Å². The van der Waals surface area contributed by atoms with Crippen LogP contribution in [-0.4, -0.2) is 25.3 Å². The fourth-order valence-corrected chi connectivity index (χ4v) is 2.77. The summed E-state index contributed by atoms with van der Waals surface area (Å²) in [5.41, 5.74) is 2.27. The molecule has 0 aromatic heterocycles. The monoisotopic (exact) mass is 326 g/mol. The summed E-state index contributed by atoms with van der Waals surface area (Å²) in [7, 11) is 0. The minimum atomic E-state index is -0.215. The Kier molecular flexibility index (Phi) is 4.89. The highest BCUT2D eigenvalue weighted by Crippen LogP contribution is 2.30. The van der Waals surface area contributed by atoms with E-state index < -0.39 is 0 Å². The van der Waals surface area contributed by atoms with Crippen molar-refractivity contribution in [3.05, 3.63) is 59.7 Å². The second-order valence-corrected chi connectivity index (χ2v) is 5.93. The number of urea groups is 1. The summed E-state index contributed by atoms with van der Waals surface area (Å²) in [5.74, 6) is 1.45. The Labute approximate surface area is 142 Å². The van der Waals surface area contributed by atoms with E-state index in [1.165, 1.54) is 0 Å². The number of ether oxygens (including phenoxy) is 2. The van der Waals surface area contributed by atoms with Gasteiger partial charge in [0.15, 0.2) is 17.6 Å². The Morgan fingerprint density at radius 1 is 1.17 bits per heavy atom. The van der Waals surface area contributed by atoms with Crippen molar-refractivity contribution >= 4 is 6.03 Å². The maximum Gasteiger partial charge on any atom is 0.315 e. The Bertz CT molecular complexity index is 717.